The molecule has 2 aliphatic rings. The number of piperidine rings is 1. The number of likely N-dealkylation sites (tertiary alicyclic amines) is 1. The van der Waals surface area contributed by atoms with Gasteiger partial charge in [-0.3, -0.25) is 14.8 Å². The van der Waals surface area contributed by atoms with Crippen molar-refractivity contribution in [2.45, 2.75) is 38.0 Å². The average Bonchev–Trinajstić information content (AvgIpc) is 3.40. The maximum absolute atomic E-state index is 13.6. The minimum atomic E-state index is -4.53. The van der Waals surface area contributed by atoms with E-state index in [1.807, 2.05) is 36.1 Å². The van der Waals surface area contributed by atoms with Crippen LogP contribution >= 0.6 is 0 Å². The van der Waals surface area contributed by atoms with Crippen LogP contribution in [0.3, 0.4) is 0 Å². The van der Waals surface area contributed by atoms with Gasteiger partial charge in [-0.1, -0.05) is 6.07 Å². The number of rotatable bonds is 4. The highest BCUT2D eigenvalue weighted by molar-refractivity contribution is 5.99. The van der Waals surface area contributed by atoms with E-state index < -0.39 is 11.9 Å². The van der Waals surface area contributed by atoms with Crippen molar-refractivity contribution in [2.75, 3.05) is 11.9 Å². The van der Waals surface area contributed by atoms with Crippen LogP contribution in [0.15, 0.2) is 49.1 Å². The van der Waals surface area contributed by atoms with Gasteiger partial charge in [0.2, 0.25) is 0 Å². The van der Waals surface area contributed by atoms with Crippen molar-refractivity contribution in [1.82, 2.24) is 24.8 Å². The highest BCUT2D eigenvalue weighted by atomic mass is 19.4. The first-order chi connectivity index (χ1) is 15.8. The Labute approximate surface area is 188 Å². The molecule has 1 amide bonds. The maximum Gasteiger partial charge on any atom is 0.434 e. The Kier molecular flexibility index (Phi) is 5.22. The lowest BCUT2D eigenvalue weighted by atomic mass is 10.0. The highest BCUT2D eigenvalue weighted by Crippen LogP contribution is 2.40. The number of pyridine rings is 2. The van der Waals surface area contributed by atoms with Crippen molar-refractivity contribution in [1.29, 1.82) is 0 Å². The fourth-order valence-electron chi connectivity index (χ4n) is 4.75. The highest BCUT2D eigenvalue weighted by Gasteiger charge is 2.47. The van der Waals surface area contributed by atoms with Gasteiger partial charge in [-0.15, -0.1) is 0 Å². The number of hydrogen-bond acceptors (Lipinski definition) is 6. The Morgan fingerprint density at radius 2 is 1.94 bits per heavy atom. The molecular weight excluding hydrogens is 433 g/mol. The molecule has 10 heteroatoms. The minimum Gasteiger partial charge on any atom is -0.364 e. The van der Waals surface area contributed by atoms with Crippen LogP contribution in [0.2, 0.25) is 0 Å². The Morgan fingerprint density at radius 1 is 1.09 bits per heavy atom. The van der Waals surface area contributed by atoms with Crippen molar-refractivity contribution in [3.8, 4) is 11.3 Å². The van der Waals surface area contributed by atoms with Crippen LogP contribution in [0.1, 0.15) is 34.6 Å². The molecule has 2 fully saturated rings. The third-order valence-electron chi connectivity index (χ3n) is 6.19. The average molecular weight is 454 g/mol. The van der Waals surface area contributed by atoms with Gasteiger partial charge in [-0.05, 0) is 49.4 Å². The number of hydrogen-bond donors (Lipinski definition) is 1. The van der Waals surface area contributed by atoms with Crippen molar-refractivity contribution in [3.63, 3.8) is 0 Å². The van der Waals surface area contributed by atoms with Crippen molar-refractivity contribution >= 4 is 11.7 Å². The molecule has 2 bridgehead atoms. The summed E-state index contributed by atoms with van der Waals surface area (Å²) in [6.07, 6.45) is 2.24. The SMILES string of the molecule is Cc1cnc(C(=O)N2CC3CC(Nc4cnc(C(F)(F)F)cn4)C2C3)c(-c2ccccn2)c1. The van der Waals surface area contributed by atoms with E-state index in [2.05, 4.69) is 25.3 Å². The number of halogens is 3. The molecule has 1 aliphatic carbocycles. The van der Waals surface area contributed by atoms with Crippen LogP contribution < -0.4 is 5.32 Å². The smallest absolute Gasteiger partial charge is 0.364 e. The molecule has 0 spiro atoms. The van der Waals surface area contributed by atoms with Crippen LogP contribution in [-0.2, 0) is 6.18 Å². The molecule has 1 N–H and O–H groups in total. The summed E-state index contributed by atoms with van der Waals surface area (Å²) in [6.45, 7) is 2.54. The number of amides is 1. The third kappa shape index (κ3) is 4.12. The van der Waals surface area contributed by atoms with Gasteiger partial charge >= 0.3 is 6.18 Å². The minimum absolute atomic E-state index is 0.105. The number of carbonyl (C=O) groups excluding carboxylic acids is 1. The molecule has 4 heterocycles. The zero-order chi connectivity index (χ0) is 23.2. The van der Waals surface area contributed by atoms with Gasteiger partial charge in [0.05, 0.1) is 24.1 Å². The largest absolute Gasteiger partial charge is 0.434 e. The van der Waals surface area contributed by atoms with E-state index in [4.69, 9.17) is 0 Å². The van der Waals surface area contributed by atoms with Crippen LogP contribution in [0.4, 0.5) is 19.0 Å². The van der Waals surface area contributed by atoms with Crippen LogP contribution in [-0.4, -0.2) is 49.4 Å². The second-order valence-electron chi connectivity index (χ2n) is 8.52. The third-order valence-corrected chi connectivity index (χ3v) is 6.19. The summed E-state index contributed by atoms with van der Waals surface area (Å²) in [5.41, 5.74) is 1.60. The number of nitrogens with zero attached hydrogens (tertiary/aromatic N) is 5. The molecule has 3 aromatic rings. The van der Waals surface area contributed by atoms with Gasteiger partial charge in [-0.25, -0.2) is 9.97 Å². The molecule has 1 saturated heterocycles. The van der Waals surface area contributed by atoms with E-state index in [0.717, 1.165) is 24.6 Å². The van der Waals surface area contributed by atoms with E-state index in [1.165, 1.54) is 0 Å². The van der Waals surface area contributed by atoms with E-state index >= 15 is 0 Å². The number of aromatic nitrogens is 4. The lowest BCUT2D eigenvalue weighted by Crippen LogP contribution is -2.48. The molecule has 3 atom stereocenters. The zero-order valence-electron chi connectivity index (χ0n) is 17.8. The topological polar surface area (TPSA) is 83.9 Å². The predicted octanol–water partition coefficient (Wildman–Crippen LogP) is 3.98. The standard InChI is InChI=1S/C23H21F3N6O/c1-13-6-15(16-4-2-3-5-27-16)21(30-9-13)22(33)32-12-14-7-17(18(32)8-14)31-20-11-28-19(10-29-20)23(24,25)26/h2-6,9-11,14,17-18H,7-8,12H2,1H3,(H,29,31). The lowest BCUT2D eigenvalue weighted by molar-refractivity contribution is -0.141. The van der Waals surface area contributed by atoms with Crippen LogP contribution in [0.25, 0.3) is 11.3 Å². The normalized spacial score (nSPS) is 21.9. The van der Waals surface area contributed by atoms with Gasteiger partial charge in [0.1, 0.15) is 11.5 Å². The van der Waals surface area contributed by atoms with Crippen molar-refractivity contribution < 1.29 is 18.0 Å². The van der Waals surface area contributed by atoms with E-state index in [0.29, 0.717) is 35.6 Å². The molecule has 0 aromatic carbocycles. The second-order valence-corrected chi connectivity index (χ2v) is 8.52. The maximum atomic E-state index is 13.6. The summed E-state index contributed by atoms with van der Waals surface area (Å²) < 4.78 is 38.3. The summed E-state index contributed by atoms with van der Waals surface area (Å²) in [7, 11) is 0. The van der Waals surface area contributed by atoms with E-state index in [-0.39, 0.29) is 23.8 Å². The first kappa shape index (κ1) is 21.3. The Bertz CT molecular complexity index is 1170. The number of fused-ring (bicyclic) bond motifs is 2. The lowest BCUT2D eigenvalue weighted by Gasteiger charge is -2.34. The molecule has 0 radical (unpaired) electrons. The predicted molar refractivity (Wildman–Crippen MR) is 114 cm³/mol. The molecule has 33 heavy (non-hydrogen) atoms. The number of alkyl halides is 3. The van der Waals surface area contributed by atoms with Gasteiger partial charge in [0.25, 0.3) is 5.91 Å². The van der Waals surface area contributed by atoms with E-state index in [9.17, 15) is 18.0 Å². The number of nitrogens with one attached hydrogen (secondary N) is 1. The first-order valence-corrected chi connectivity index (χ1v) is 10.6. The van der Waals surface area contributed by atoms with Crippen molar-refractivity contribution in [2.24, 2.45) is 5.92 Å². The fourth-order valence-corrected chi connectivity index (χ4v) is 4.75. The van der Waals surface area contributed by atoms with Gasteiger partial charge in [0, 0.05) is 30.5 Å². The summed E-state index contributed by atoms with van der Waals surface area (Å²) in [5, 5.41) is 3.18. The molecule has 5 rings (SSSR count). The van der Waals surface area contributed by atoms with Gasteiger partial charge in [-0.2, -0.15) is 13.2 Å². The molecule has 3 aromatic heterocycles. The summed E-state index contributed by atoms with van der Waals surface area (Å²) in [4.78, 5) is 31.5. The molecule has 1 aliphatic heterocycles. The van der Waals surface area contributed by atoms with Gasteiger partial charge in [0.15, 0.2) is 5.69 Å². The Balaban J connectivity index is 1.37. The van der Waals surface area contributed by atoms with Crippen LogP contribution in [0, 0.1) is 12.8 Å². The monoisotopic (exact) mass is 454 g/mol. The van der Waals surface area contributed by atoms with E-state index in [1.54, 1.807) is 12.4 Å². The molecular formula is C23H21F3N6O. The van der Waals surface area contributed by atoms with Crippen molar-refractivity contribution in [3.05, 3.63) is 66.0 Å². The first-order valence-electron chi connectivity index (χ1n) is 10.6. The summed E-state index contributed by atoms with van der Waals surface area (Å²) in [5.74, 6) is 0.395. The zero-order valence-corrected chi connectivity index (χ0v) is 17.8. The number of carbonyl (C=O) groups is 1. The summed E-state index contributed by atoms with van der Waals surface area (Å²) >= 11 is 0. The summed E-state index contributed by atoms with van der Waals surface area (Å²) in [6, 6.07) is 7.20. The van der Waals surface area contributed by atoms with Gasteiger partial charge < -0.3 is 10.2 Å². The molecule has 3 unspecified atom stereocenters. The molecule has 1 saturated carbocycles. The Hall–Kier alpha value is -3.56. The quantitative estimate of drug-likeness (QED) is 0.642. The fraction of sp³-hybridized carbons (Fsp3) is 0.348. The van der Waals surface area contributed by atoms with Crippen LogP contribution in [0.5, 0.6) is 0 Å². The molecule has 7 nitrogen and oxygen atoms in total. The number of anilines is 1. The second kappa shape index (κ2) is 8.09. The molecule has 170 valence electrons. The number of aryl methyl sites for hydroxylation is 1. The Morgan fingerprint density at radius 3 is 2.61 bits per heavy atom.